The van der Waals surface area contributed by atoms with Crippen molar-refractivity contribution in [1.82, 2.24) is 29.9 Å². The minimum atomic E-state index is -0.877. The van der Waals surface area contributed by atoms with Gasteiger partial charge in [-0.3, -0.25) is 15.1 Å². The monoisotopic (exact) mass is 523 g/mol. The molecule has 2 aromatic rings. The molecule has 1 saturated heterocycles. The first-order valence-corrected chi connectivity index (χ1v) is 13.5. The average Bonchev–Trinajstić information content (AvgIpc) is 3.56. The normalized spacial score (nSPS) is 25.2. The zero-order valence-electron chi connectivity index (χ0n) is 22.4. The molecule has 3 aliphatic rings. The van der Waals surface area contributed by atoms with Crippen molar-refractivity contribution in [1.29, 1.82) is 5.41 Å². The van der Waals surface area contributed by atoms with Crippen molar-refractivity contribution >= 4 is 11.5 Å². The van der Waals surface area contributed by atoms with Crippen LogP contribution < -0.4 is 4.74 Å². The third-order valence-corrected chi connectivity index (χ3v) is 8.27. The predicted octanol–water partition coefficient (Wildman–Crippen LogP) is 3.56. The molecule has 1 spiro atoms. The van der Waals surface area contributed by atoms with Crippen molar-refractivity contribution in [2.45, 2.75) is 83.5 Å². The number of likely N-dealkylation sites (N-methyl/N-ethyl adjacent to an activating group) is 1. The number of ether oxygens (including phenoxy) is 2. The highest BCUT2D eigenvalue weighted by atomic mass is 16.5. The quantitative estimate of drug-likeness (QED) is 0.497. The van der Waals surface area contributed by atoms with E-state index in [9.17, 15) is 9.90 Å². The Hall–Kier alpha value is -3.18. The van der Waals surface area contributed by atoms with Crippen LogP contribution in [0.5, 0.6) is 5.88 Å². The van der Waals surface area contributed by atoms with Crippen molar-refractivity contribution in [3.8, 4) is 11.7 Å². The Kier molecular flexibility index (Phi) is 7.58. The van der Waals surface area contributed by atoms with Crippen LogP contribution in [0.4, 0.5) is 0 Å². The van der Waals surface area contributed by atoms with E-state index < -0.39 is 5.41 Å². The Labute approximate surface area is 222 Å². The van der Waals surface area contributed by atoms with Crippen LogP contribution in [-0.2, 0) is 16.1 Å². The number of methoxy groups -OCH3 is 1. The van der Waals surface area contributed by atoms with Gasteiger partial charge in [0, 0.05) is 31.2 Å². The number of aliphatic hydroxyl groups is 1. The molecule has 204 valence electrons. The van der Waals surface area contributed by atoms with Crippen LogP contribution in [0.1, 0.15) is 76.2 Å². The van der Waals surface area contributed by atoms with Gasteiger partial charge in [0.15, 0.2) is 11.6 Å². The van der Waals surface area contributed by atoms with Gasteiger partial charge in [0.25, 0.3) is 0 Å². The Morgan fingerprint density at radius 3 is 2.79 bits per heavy atom. The van der Waals surface area contributed by atoms with Gasteiger partial charge in [-0.25, -0.2) is 9.67 Å². The van der Waals surface area contributed by atoms with Gasteiger partial charge in [0.05, 0.1) is 18.2 Å². The van der Waals surface area contributed by atoms with Gasteiger partial charge in [-0.2, -0.15) is 4.98 Å². The van der Waals surface area contributed by atoms with E-state index >= 15 is 0 Å². The van der Waals surface area contributed by atoms with E-state index in [4.69, 9.17) is 14.9 Å². The summed E-state index contributed by atoms with van der Waals surface area (Å²) in [6.07, 6.45) is 8.43. The van der Waals surface area contributed by atoms with Crippen molar-refractivity contribution in [2.75, 3.05) is 20.7 Å². The van der Waals surface area contributed by atoms with Gasteiger partial charge in [0.2, 0.25) is 5.88 Å². The van der Waals surface area contributed by atoms with Crippen LogP contribution in [0.15, 0.2) is 23.6 Å². The van der Waals surface area contributed by atoms with Crippen LogP contribution >= 0.6 is 0 Å². The van der Waals surface area contributed by atoms with E-state index in [1.54, 1.807) is 19.4 Å². The second kappa shape index (κ2) is 10.9. The molecule has 3 heterocycles. The van der Waals surface area contributed by atoms with E-state index in [2.05, 4.69) is 32.2 Å². The summed E-state index contributed by atoms with van der Waals surface area (Å²) in [7, 11) is 3.68. The number of ketones is 1. The zero-order valence-corrected chi connectivity index (χ0v) is 22.4. The number of nitrogens with zero attached hydrogens (tertiary/aromatic N) is 6. The topological polar surface area (TPSA) is 139 Å². The largest absolute Gasteiger partial charge is 0.511 e. The molecule has 0 aromatic carbocycles. The van der Waals surface area contributed by atoms with Crippen LogP contribution in [0.2, 0.25) is 0 Å². The summed E-state index contributed by atoms with van der Waals surface area (Å²) in [5.41, 5.74) is 0.209. The van der Waals surface area contributed by atoms with Gasteiger partial charge in [-0.15, -0.1) is 5.10 Å². The van der Waals surface area contributed by atoms with Crippen molar-refractivity contribution in [2.24, 2.45) is 5.41 Å². The third kappa shape index (κ3) is 4.96. The smallest absolute Gasteiger partial charge is 0.219 e. The molecule has 0 bridgehead atoms. The summed E-state index contributed by atoms with van der Waals surface area (Å²) < 4.78 is 13.0. The van der Waals surface area contributed by atoms with E-state index in [0.29, 0.717) is 55.3 Å². The summed E-state index contributed by atoms with van der Waals surface area (Å²) in [6.45, 7) is 3.36. The number of carbonyl (C=O) groups excluding carboxylic acids is 1. The first kappa shape index (κ1) is 26.4. The van der Waals surface area contributed by atoms with Gasteiger partial charge in [-0.1, -0.05) is 11.6 Å². The molecule has 5 rings (SSSR count). The third-order valence-electron chi connectivity index (χ3n) is 8.27. The summed E-state index contributed by atoms with van der Waals surface area (Å²) in [6, 6.07) is 1.95. The maximum absolute atomic E-state index is 13.0. The molecule has 2 fully saturated rings. The van der Waals surface area contributed by atoms with Crippen LogP contribution in [-0.4, -0.2) is 79.3 Å². The van der Waals surface area contributed by atoms with E-state index in [-0.39, 0.29) is 35.2 Å². The molecule has 2 aliphatic carbocycles. The lowest BCUT2D eigenvalue weighted by Crippen LogP contribution is -2.39. The van der Waals surface area contributed by atoms with Gasteiger partial charge in [0.1, 0.15) is 29.1 Å². The number of hydrogen-bond acceptors (Lipinski definition) is 10. The summed E-state index contributed by atoms with van der Waals surface area (Å²) in [5.74, 6) is 0.948. The maximum Gasteiger partial charge on any atom is 0.219 e. The lowest BCUT2D eigenvalue weighted by atomic mass is 9.64. The van der Waals surface area contributed by atoms with E-state index in [1.165, 1.54) is 4.68 Å². The highest BCUT2D eigenvalue weighted by Crippen LogP contribution is 2.48. The molecular formula is C27H37N7O4. The minimum absolute atomic E-state index is 0.00881. The Morgan fingerprint density at radius 2 is 2.05 bits per heavy atom. The molecule has 0 amide bonds. The minimum Gasteiger partial charge on any atom is -0.511 e. The molecule has 38 heavy (non-hydrogen) atoms. The standard InChI is InChI=1S/C27H37N7O4/c1-17(20-9-7-13-33(20)2)38-23-14-22(34-15-18(16-37-3)31-32-34)29-26(30-23)24(28)19-8-6-12-27(25(19)36)11-5-4-10-21(27)35/h14-15,17,20,28,36H,4-13,16H2,1-3H3/t17-,20-,27+/m0/s1. The van der Waals surface area contributed by atoms with Crippen LogP contribution in [0.3, 0.4) is 0 Å². The average molecular weight is 524 g/mol. The molecule has 1 aliphatic heterocycles. The molecule has 2 aromatic heterocycles. The van der Waals surface area contributed by atoms with E-state index in [0.717, 1.165) is 38.6 Å². The second-order valence-corrected chi connectivity index (χ2v) is 10.8. The molecule has 1 saturated carbocycles. The molecule has 2 N–H and O–H groups in total. The number of carbonyl (C=O) groups is 1. The fourth-order valence-corrected chi connectivity index (χ4v) is 6.20. The Balaban J connectivity index is 1.52. The highest BCUT2D eigenvalue weighted by Gasteiger charge is 2.47. The Morgan fingerprint density at radius 1 is 1.24 bits per heavy atom. The maximum atomic E-state index is 13.0. The molecular weight excluding hydrogens is 486 g/mol. The fourth-order valence-electron chi connectivity index (χ4n) is 6.20. The summed E-state index contributed by atoms with van der Waals surface area (Å²) in [4.78, 5) is 24.5. The molecule has 3 atom stereocenters. The summed E-state index contributed by atoms with van der Waals surface area (Å²) in [5, 5.41) is 28.7. The fraction of sp³-hybridized carbons (Fsp3) is 0.630. The first-order valence-electron chi connectivity index (χ1n) is 13.5. The van der Waals surface area contributed by atoms with Crippen molar-refractivity contribution < 1.29 is 19.4 Å². The van der Waals surface area contributed by atoms with Crippen LogP contribution in [0.25, 0.3) is 5.82 Å². The summed E-state index contributed by atoms with van der Waals surface area (Å²) >= 11 is 0. The van der Waals surface area contributed by atoms with Crippen molar-refractivity contribution in [3.05, 3.63) is 35.1 Å². The second-order valence-electron chi connectivity index (χ2n) is 10.8. The number of nitrogens with one attached hydrogen (secondary N) is 1. The SMILES string of the molecule is COCc1cn(-c2cc(O[C@@H](C)[C@@H]3CCCN3C)nc(C(=N)C3=C(O)[C@]4(CCCCC4=O)CCC3)n2)nn1. The number of Topliss-reactive ketones (excluding diaryl/α,β-unsaturated/α-hetero) is 1. The van der Waals surface area contributed by atoms with Gasteiger partial charge in [-0.05, 0) is 65.5 Å². The van der Waals surface area contributed by atoms with Gasteiger partial charge < -0.3 is 14.6 Å². The van der Waals surface area contributed by atoms with E-state index in [1.807, 2.05) is 6.92 Å². The zero-order chi connectivity index (χ0) is 26.9. The number of hydrogen-bond donors (Lipinski definition) is 2. The molecule has 0 radical (unpaired) electrons. The lowest BCUT2D eigenvalue weighted by molar-refractivity contribution is -0.131. The number of aromatic nitrogens is 5. The van der Waals surface area contributed by atoms with Crippen LogP contribution in [0, 0.1) is 10.8 Å². The lowest BCUT2D eigenvalue weighted by Gasteiger charge is -2.39. The molecule has 0 unspecified atom stereocenters. The highest BCUT2D eigenvalue weighted by molar-refractivity contribution is 6.09. The first-order chi connectivity index (χ1) is 18.3. The number of rotatable bonds is 8. The molecule has 11 heteroatoms. The predicted molar refractivity (Wildman–Crippen MR) is 140 cm³/mol. The van der Waals surface area contributed by atoms with Crippen molar-refractivity contribution in [3.63, 3.8) is 0 Å². The number of likely N-dealkylation sites (tertiary alicyclic amines) is 1. The Bertz CT molecular complexity index is 1240. The van der Waals surface area contributed by atoms with Gasteiger partial charge >= 0.3 is 0 Å². The number of aliphatic hydroxyl groups excluding tert-OH is 1. The number of allylic oxidation sites excluding steroid dienone is 2. The molecule has 11 nitrogen and oxygen atoms in total.